The van der Waals surface area contributed by atoms with E-state index in [0.717, 1.165) is 0 Å². The minimum absolute atomic E-state index is 0. The molecule has 0 saturated carbocycles. The van der Waals surface area contributed by atoms with Crippen molar-refractivity contribution in [2.24, 2.45) is 11.5 Å². The summed E-state index contributed by atoms with van der Waals surface area (Å²) < 4.78 is 3.58. The summed E-state index contributed by atoms with van der Waals surface area (Å²) in [5.74, 6) is 0. The number of nitrogens with two attached hydrogens (primary N) is 2. The molecule has 9 nitrogen and oxygen atoms in total. The van der Waals surface area contributed by atoms with Crippen molar-refractivity contribution in [2.75, 3.05) is 13.1 Å². The SMILES string of the molecule is NCC(O)Cn1ccnc1.NCC(O)Cn1ccnc1.O. The van der Waals surface area contributed by atoms with Crippen LogP contribution >= 0.6 is 0 Å². The molecule has 2 rings (SSSR count). The maximum atomic E-state index is 9.06. The highest BCUT2D eigenvalue weighted by atomic mass is 16.3. The Morgan fingerprint density at radius 1 is 0.857 bits per heavy atom. The van der Waals surface area contributed by atoms with Gasteiger partial charge in [0, 0.05) is 37.9 Å². The first kappa shape index (κ1) is 19.2. The first-order valence-corrected chi connectivity index (χ1v) is 6.33. The zero-order valence-electron chi connectivity index (χ0n) is 11.8. The van der Waals surface area contributed by atoms with E-state index in [-0.39, 0.29) is 18.6 Å². The van der Waals surface area contributed by atoms with Gasteiger partial charge in [-0.2, -0.15) is 0 Å². The average molecular weight is 300 g/mol. The van der Waals surface area contributed by atoms with Gasteiger partial charge in [-0.25, -0.2) is 9.97 Å². The van der Waals surface area contributed by atoms with E-state index in [1.54, 1.807) is 46.6 Å². The Morgan fingerprint density at radius 2 is 1.24 bits per heavy atom. The highest BCUT2D eigenvalue weighted by molar-refractivity contribution is 4.76. The standard InChI is InChI=1S/2C6H11N3O.H2O/c2*7-3-6(10)4-9-2-1-8-5-9;/h2*1-2,5-6,10H,3-4,7H2;1H2. The van der Waals surface area contributed by atoms with Crippen molar-refractivity contribution in [3.63, 3.8) is 0 Å². The van der Waals surface area contributed by atoms with Crippen LogP contribution in [0.1, 0.15) is 0 Å². The van der Waals surface area contributed by atoms with E-state index in [9.17, 15) is 0 Å². The normalized spacial score (nSPS) is 12.8. The van der Waals surface area contributed by atoms with Gasteiger partial charge in [0.25, 0.3) is 0 Å². The second-order valence-corrected chi connectivity index (χ2v) is 4.30. The van der Waals surface area contributed by atoms with Crippen molar-refractivity contribution in [1.82, 2.24) is 19.1 Å². The summed E-state index contributed by atoms with van der Waals surface area (Å²) >= 11 is 0. The van der Waals surface area contributed by atoms with Crippen molar-refractivity contribution < 1.29 is 15.7 Å². The molecule has 0 radical (unpaired) electrons. The van der Waals surface area contributed by atoms with E-state index in [4.69, 9.17) is 21.7 Å². The Morgan fingerprint density at radius 3 is 1.48 bits per heavy atom. The predicted octanol–water partition coefficient (Wildman–Crippen LogP) is -2.42. The van der Waals surface area contributed by atoms with Crippen LogP contribution in [0.3, 0.4) is 0 Å². The van der Waals surface area contributed by atoms with Gasteiger partial charge in [0.2, 0.25) is 0 Å². The summed E-state index contributed by atoms with van der Waals surface area (Å²) in [6.07, 6.45) is 9.30. The minimum atomic E-state index is -0.464. The Bertz CT molecular complexity index is 392. The fourth-order valence-corrected chi connectivity index (χ4v) is 1.43. The van der Waals surface area contributed by atoms with Gasteiger partial charge in [0.05, 0.1) is 38.0 Å². The zero-order chi connectivity index (χ0) is 14.8. The second-order valence-electron chi connectivity index (χ2n) is 4.30. The van der Waals surface area contributed by atoms with Crippen LogP contribution in [0, 0.1) is 0 Å². The highest BCUT2D eigenvalue weighted by Crippen LogP contribution is 1.89. The van der Waals surface area contributed by atoms with Crippen LogP contribution < -0.4 is 11.5 Å². The fraction of sp³-hybridized carbons (Fsp3) is 0.500. The van der Waals surface area contributed by atoms with Crippen LogP contribution in [-0.4, -0.2) is 60.1 Å². The molecule has 0 saturated heterocycles. The van der Waals surface area contributed by atoms with E-state index < -0.39 is 12.2 Å². The van der Waals surface area contributed by atoms with Gasteiger partial charge in [-0.3, -0.25) is 0 Å². The lowest BCUT2D eigenvalue weighted by molar-refractivity contribution is 0.162. The van der Waals surface area contributed by atoms with E-state index in [1.807, 2.05) is 0 Å². The number of aromatic nitrogens is 4. The van der Waals surface area contributed by atoms with Crippen LogP contribution in [0.4, 0.5) is 0 Å². The molecular weight excluding hydrogens is 276 g/mol. The third-order valence-electron chi connectivity index (χ3n) is 2.51. The van der Waals surface area contributed by atoms with Gasteiger partial charge in [0.15, 0.2) is 0 Å². The largest absolute Gasteiger partial charge is 0.412 e. The van der Waals surface area contributed by atoms with Crippen LogP contribution in [0.2, 0.25) is 0 Å². The van der Waals surface area contributed by atoms with Gasteiger partial charge < -0.3 is 36.3 Å². The molecule has 9 heteroatoms. The molecule has 0 bridgehead atoms. The van der Waals surface area contributed by atoms with Gasteiger partial charge in [-0.15, -0.1) is 0 Å². The summed E-state index contributed by atoms with van der Waals surface area (Å²) in [5, 5.41) is 18.1. The van der Waals surface area contributed by atoms with Crippen molar-refractivity contribution in [1.29, 1.82) is 0 Å². The number of imidazole rings is 2. The molecule has 8 N–H and O–H groups in total. The molecular formula is C12H24N6O3. The molecule has 0 aliphatic rings. The molecule has 0 amide bonds. The Labute approximate surface area is 123 Å². The summed E-state index contributed by atoms with van der Waals surface area (Å²) in [5.41, 5.74) is 10.4. The molecule has 120 valence electrons. The van der Waals surface area contributed by atoms with Crippen molar-refractivity contribution in [3.8, 4) is 0 Å². The maximum absolute atomic E-state index is 9.06. The number of nitrogens with zero attached hydrogens (tertiary/aromatic N) is 4. The molecule has 0 aliphatic heterocycles. The lowest BCUT2D eigenvalue weighted by Crippen LogP contribution is -2.24. The summed E-state index contributed by atoms with van der Waals surface area (Å²) in [6.45, 7) is 1.63. The molecule has 2 aromatic rings. The van der Waals surface area contributed by atoms with Crippen molar-refractivity contribution in [3.05, 3.63) is 37.4 Å². The lowest BCUT2D eigenvalue weighted by Gasteiger charge is -2.06. The summed E-state index contributed by atoms with van der Waals surface area (Å²) in [4.78, 5) is 7.64. The number of aliphatic hydroxyl groups is 2. The Hall–Kier alpha value is -1.78. The van der Waals surface area contributed by atoms with E-state index in [0.29, 0.717) is 13.1 Å². The van der Waals surface area contributed by atoms with E-state index >= 15 is 0 Å². The zero-order valence-corrected chi connectivity index (χ0v) is 11.8. The number of rotatable bonds is 6. The third-order valence-corrected chi connectivity index (χ3v) is 2.51. The van der Waals surface area contributed by atoms with Crippen LogP contribution in [0.5, 0.6) is 0 Å². The molecule has 2 aromatic heterocycles. The van der Waals surface area contributed by atoms with Crippen LogP contribution in [0.25, 0.3) is 0 Å². The van der Waals surface area contributed by atoms with Gasteiger partial charge >= 0.3 is 0 Å². The van der Waals surface area contributed by atoms with Crippen molar-refractivity contribution >= 4 is 0 Å². The molecule has 0 aromatic carbocycles. The molecule has 2 heterocycles. The van der Waals surface area contributed by atoms with Gasteiger partial charge in [0.1, 0.15) is 0 Å². The van der Waals surface area contributed by atoms with Gasteiger partial charge in [-0.1, -0.05) is 0 Å². The first-order chi connectivity index (χ1) is 9.65. The molecule has 21 heavy (non-hydrogen) atoms. The topological polar surface area (TPSA) is 160 Å². The fourth-order valence-electron chi connectivity index (χ4n) is 1.43. The maximum Gasteiger partial charge on any atom is 0.0946 e. The Kier molecular flexibility index (Phi) is 10.0. The predicted molar refractivity (Wildman–Crippen MR) is 78.2 cm³/mol. The number of hydrogen-bond acceptors (Lipinski definition) is 6. The quantitative estimate of drug-likeness (QED) is 0.464. The smallest absolute Gasteiger partial charge is 0.0946 e. The average Bonchev–Trinajstić information content (AvgIpc) is 3.12. The minimum Gasteiger partial charge on any atom is -0.412 e. The number of aliphatic hydroxyl groups excluding tert-OH is 2. The van der Waals surface area contributed by atoms with E-state index in [2.05, 4.69) is 9.97 Å². The third kappa shape index (κ3) is 8.17. The van der Waals surface area contributed by atoms with Crippen LogP contribution in [-0.2, 0) is 13.1 Å². The summed E-state index contributed by atoms with van der Waals surface area (Å²) in [6, 6.07) is 0. The molecule has 0 aliphatic carbocycles. The first-order valence-electron chi connectivity index (χ1n) is 6.33. The molecule has 2 atom stereocenters. The van der Waals surface area contributed by atoms with Gasteiger partial charge in [-0.05, 0) is 0 Å². The monoisotopic (exact) mass is 300 g/mol. The Balaban J connectivity index is 0.000000364. The molecule has 2 unspecified atom stereocenters. The molecule has 0 spiro atoms. The lowest BCUT2D eigenvalue weighted by atomic mass is 10.3. The molecule has 0 fully saturated rings. The number of hydrogen-bond donors (Lipinski definition) is 4. The highest BCUT2D eigenvalue weighted by Gasteiger charge is 2.00. The van der Waals surface area contributed by atoms with Crippen molar-refractivity contribution in [2.45, 2.75) is 25.3 Å². The second kappa shape index (κ2) is 10.9. The van der Waals surface area contributed by atoms with E-state index in [1.165, 1.54) is 0 Å². The summed E-state index contributed by atoms with van der Waals surface area (Å²) in [7, 11) is 0. The van der Waals surface area contributed by atoms with Crippen LogP contribution in [0.15, 0.2) is 37.4 Å².